The van der Waals surface area contributed by atoms with Gasteiger partial charge in [-0.2, -0.15) is 0 Å². The van der Waals surface area contributed by atoms with Crippen molar-refractivity contribution in [2.75, 3.05) is 11.7 Å². The van der Waals surface area contributed by atoms with E-state index in [0.717, 1.165) is 17.0 Å². The molecule has 3 amide bonds. The Morgan fingerprint density at radius 2 is 1.56 bits per heavy atom. The largest absolute Gasteiger partial charge is 0.454 e. The number of rotatable bonds is 4. The fourth-order valence-electron chi connectivity index (χ4n) is 4.69. The molecule has 3 aliphatic rings. The minimum atomic E-state index is -1.20. The van der Waals surface area contributed by atoms with E-state index in [1.807, 2.05) is 0 Å². The lowest BCUT2D eigenvalue weighted by Gasteiger charge is -2.49. The molecule has 0 saturated carbocycles. The second-order valence-electron chi connectivity index (χ2n) is 8.28. The van der Waals surface area contributed by atoms with Crippen LogP contribution in [0.15, 0.2) is 54.6 Å². The van der Waals surface area contributed by atoms with Gasteiger partial charge in [0.2, 0.25) is 6.79 Å². The van der Waals surface area contributed by atoms with Gasteiger partial charge in [0.05, 0.1) is 32.1 Å². The molecule has 0 spiro atoms. The van der Waals surface area contributed by atoms with Crippen molar-refractivity contribution >= 4 is 52.3 Å². The second-order valence-corrected chi connectivity index (χ2v) is 9.09. The quantitative estimate of drug-likeness (QED) is 0.214. The number of ether oxygens (including phenoxy) is 2. The highest BCUT2D eigenvalue weighted by Crippen LogP contribution is 2.47. The summed E-state index contributed by atoms with van der Waals surface area (Å²) < 4.78 is 10.8. The number of hydrogen-bond donors (Lipinski definition) is 0. The van der Waals surface area contributed by atoms with Crippen LogP contribution in [0.4, 0.5) is 11.4 Å². The Balaban J connectivity index is 1.44. The van der Waals surface area contributed by atoms with E-state index in [0.29, 0.717) is 27.8 Å². The van der Waals surface area contributed by atoms with Gasteiger partial charge in [0.25, 0.3) is 23.4 Å². The lowest BCUT2D eigenvalue weighted by molar-refractivity contribution is -0.384. The first kappa shape index (κ1) is 22.3. The van der Waals surface area contributed by atoms with Gasteiger partial charge < -0.3 is 14.4 Å². The van der Waals surface area contributed by atoms with Crippen molar-refractivity contribution in [3.8, 4) is 11.5 Å². The van der Waals surface area contributed by atoms with E-state index < -0.39 is 34.7 Å². The molecule has 0 unspecified atom stereocenters. The molecule has 2 atom stereocenters. The lowest BCUT2D eigenvalue weighted by Crippen LogP contribution is -2.67. The fourth-order valence-corrected chi connectivity index (χ4v) is 4.98. The molecular weight excluding hydrogens is 513 g/mol. The molecule has 1 saturated heterocycles. The summed E-state index contributed by atoms with van der Waals surface area (Å²) in [6.07, 6.45) is 0. The fraction of sp³-hybridized carbons (Fsp3) is 0.125. The smallest absolute Gasteiger partial charge is 0.270 e. The van der Waals surface area contributed by atoms with Gasteiger partial charge in [-0.25, -0.2) is 0 Å². The first-order valence-electron chi connectivity index (χ1n) is 10.6. The highest BCUT2D eigenvalue weighted by atomic mass is 35.5. The summed E-state index contributed by atoms with van der Waals surface area (Å²) in [7, 11) is 0. The molecule has 3 aliphatic heterocycles. The average Bonchev–Trinajstić information content (AvgIpc) is 3.42. The molecule has 12 heteroatoms. The number of halogens is 2. The Hall–Kier alpha value is -4.15. The van der Waals surface area contributed by atoms with Crippen LogP contribution >= 0.6 is 23.2 Å². The zero-order chi connectivity index (χ0) is 25.3. The van der Waals surface area contributed by atoms with Crippen LogP contribution in [0.3, 0.4) is 0 Å². The SMILES string of the molecule is O=C1c2ccc([N+](=O)[O-])cc2C(=O)N1[C@@H]1C(=O)N(c2ccc(Cl)c(Cl)c2)[C@@H]1c1ccc2c(c1)OCO2. The standard InChI is InChI=1S/C24H13Cl2N3O7/c25-16-5-3-12(9-17(16)26)27-20(11-1-6-18-19(7-11)36-10-35-18)21(24(27)32)28-22(30)14-4-2-13(29(33)34)8-15(14)23(28)31/h1-9,20-21H,10H2/t20-,21+/m1/s1. The Morgan fingerprint density at radius 3 is 2.31 bits per heavy atom. The highest BCUT2D eigenvalue weighted by Gasteiger charge is 2.57. The number of nitrogens with zero attached hydrogens (tertiary/aromatic N) is 3. The van der Waals surface area contributed by atoms with E-state index in [1.165, 1.54) is 23.1 Å². The number of β-lactam (4-membered cyclic amide) rings is 1. The van der Waals surface area contributed by atoms with Gasteiger partial charge in [-0.05, 0) is 42.0 Å². The monoisotopic (exact) mass is 525 g/mol. The van der Waals surface area contributed by atoms with Gasteiger partial charge in [0.1, 0.15) is 6.04 Å². The number of non-ortho nitro benzene ring substituents is 1. The van der Waals surface area contributed by atoms with Crippen molar-refractivity contribution in [3.05, 3.63) is 91.4 Å². The van der Waals surface area contributed by atoms with Crippen LogP contribution in [-0.4, -0.2) is 40.4 Å². The third-order valence-corrected chi connectivity index (χ3v) is 7.12. The zero-order valence-corrected chi connectivity index (χ0v) is 19.5. The van der Waals surface area contributed by atoms with Crippen molar-refractivity contribution in [2.24, 2.45) is 0 Å². The molecule has 10 nitrogen and oxygen atoms in total. The number of imide groups is 1. The summed E-state index contributed by atoms with van der Waals surface area (Å²) in [4.78, 5) is 52.9. The van der Waals surface area contributed by atoms with E-state index in [-0.39, 0.29) is 28.6 Å². The molecule has 6 rings (SSSR count). The number of fused-ring (bicyclic) bond motifs is 2. The van der Waals surface area contributed by atoms with Crippen molar-refractivity contribution in [3.63, 3.8) is 0 Å². The molecule has 36 heavy (non-hydrogen) atoms. The van der Waals surface area contributed by atoms with Gasteiger partial charge in [-0.15, -0.1) is 0 Å². The average molecular weight is 526 g/mol. The molecule has 0 N–H and O–H groups in total. The summed E-state index contributed by atoms with van der Waals surface area (Å²) in [6, 6.07) is 11.2. The van der Waals surface area contributed by atoms with Gasteiger partial charge >= 0.3 is 0 Å². The Labute approximate surface area is 212 Å². The van der Waals surface area contributed by atoms with Crippen LogP contribution in [0.5, 0.6) is 11.5 Å². The topological polar surface area (TPSA) is 119 Å². The Bertz CT molecular complexity index is 1530. The number of nitro groups is 1. The van der Waals surface area contributed by atoms with E-state index >= 15 is 0 Å². The molecule has 180 valence electrons. The highest BCUT2D eigenvalue weighted by molar-refractivity contribution is 6.42. The number of anilines is 1. The molecule has 3 aromatic rings. The van der Waals surface area contributed by atoms with Crippen molar-refractivity contribution < 1.29 is 28.8 Å². The summed E-state index contributed by atoms with van der Waals surface area (Å²) >= 11 is 12.2. The summed E-state index contributed by atoms with van der Waals surface area (Å²) in [5.41, 5.74) is 0.537. The number of amides is 3. The van der Waals surface area contributed by atoms with E-state index in [2.05, 4.69) is 0 Å². The first-order valence-corrected chi connectivity index (χ1v) is 11.4. The first-order chi connectivity index (χ1) is 17.3. The maximum Gasteiger partial charge on any atom is 0.270 e. The molecule has 1 fully saturated rings. The molecule has 0 bridgehead atoms. The maximum absolute atomic E-state index is 13.5. The van der Waals surface area contributed by atoms with Gasteiger partial charge in [0, 0.05) is 17.8 Å². The van der Waals surface area contributed by atoms with Crippen LogP contribution in [0.2, 0.25) is 10.0 Å². The van der Waals surface area contributed by atoms with E-state index in [9.17, 15) is 24.5 Å². The summed E-state index contributed by atoms with van der Waals surface area (Å²) in [5, 5.41) is 11.7. The third kappa shape index (κ3) is 3.15. The van der Waals surface area contributed by atoms with Crippen LogP contribution < -0.4 is 14.4 Å². The summed E-state index contributed by atoms with van der Waals surface area (Å²) in [5.74, 6) is -1.04. The van der Waals surface area contributed by atoms with Gasteiger partial charge in [-0.1, -0.05) is 29.3 Å². The predicted molar refractivity (Wildman–Crippen MR) is 127 cm³/mol. The van der Waals surface area contributed by atoms with Crippen LogP contribution in [0.1, 0.15) is 32.3 Å². The molecule has 3 aromatic carbocycles. The number of nitro benzene ring substituents is 1. The number of carbonyl (C=O) groups is 3. The molecule has 0 aromatic heterocycles. The second kappa shape index (κ2) is 7.94. The Morgan fingerprint density at radius 1 is 0.806 bits per heavy atom. The summed E-state index contributed by atoms with van der Waals surface area (Å²) in [6.45, 7) is 0.0412. The molecular formula is C24H13Cl2N3O7. The minimum absolute atomic E-state index is 0.00387. The van der Waals surface area contributed by atoms with Crippen molar-refractivity contribution in [2.45, 2.75) is 12.1 Å². The van der Waals surface area contributed by atoms with Gasteiger partial charge in [0.15, 0.2) is 11.5 Å². The van der Waals surface area contributed by atoms with Crippen LogP contribution in [0.25, 0.3) is 0 Å². The lowest BCUT2D eigenvalue weighted by atomic mass is 9.86. The van der Waals surface area contributed by atoms with E-state index in [4.69, 9.17) is 32.7 Å². The van der Waals surface area contributed by atoms with Crippen LogP contribution in [-0.2, 0) is 4.79 Å². The predicted octanol–water partition coefficient (Wildman–Crippen LogP) is 4.38. The molecule has 3 heterocycles. The normalized spacial score (nSPS) is 20.0. The van der Waals surface area contributed by atoms with Crippen molar-refractivity contribution in [1.29, 1.82) is 0 Å². The Kier molecular flexibility index (Phi) is 4.92. The minimum Gasteiger partial charge on any atom is -0.454 e. The third-order valence-electron chi connectivity index (χ3n) is 6.38. The number of benzene rings is 3. The van der Waals surface area contributed by atoms with E-state index in [1.54, 1.807) is 24.3 Å². The zero-order valence-electron chi connectivity index (χ0n) is 18.0. The molecule has 0 radical (unpaired) electrons. The van der Waals surface area contributed by atoms with Crippen LogP contribution in [0, 0.1) is 10.1 Å². The maximum atomic E-state index is 13.5. The number of carbonyl (C=O) groups excluding carboxylic acids is 3. The number of hydrogen-bond acceptors (Lipinski definition) is 7. The van der Waals surface area contributed by atoms with Gasteiger partial charge in [-0.3, -0.25) is 29.4 Å². The van der Waals surface area contributed by atoms with Crippen molar-refractivity contribution in [1.82, 2.24) is 4.90 Å². The molecule has 0 aliphatic carbocycles.